The summed E-state index contributed by atoms with van der Waals surface area (Å²) in [4.78, 5) is 16.0. The molecule has 0 aliphatic heterocycles. The molecule has 1 aromatic heterocycles. The molecule has 1 amide bonds. The van der Waals surface area contributed by atoms with E-state index in [0.717, 1.165) is 23.2 Å². The van der Waals surface area contributed by atoms with Crippen molar-refractivity contribution < 1.29 is 4.79 Å². The number of nitrogens with zero attached hydrogens (tertiary/aromatic N) is 1. The van der Waals surface area contributed by atoms with Gasteiger partial charge >= 0.3 is 0 Å². The summed E-state index contributed by atoms with van der Waals surface area (Å²) < 4.78 is 0. The number of hydrogen-bond acceptors (Lipinski definition) is 2. The molecule has 0 aliphatic rings. The van der Waals surface area contributed by atoms with E-state index in [1.807, 2.05) is 36.4 Å². The Morgan fingerprint density at radius 2 is 2.05 bits per heavy atom. The van der Waals surface area contributed by atoms with Crippen LogP contribution in [0, 0.1) is 0 Å². The van der Waals surface area contributed by atoms with Crippen molar-refractivity contribution in [1.29, 1.82) is 0 Å². The van der Waals surface area contributed by atoms with Gasteiger partial charge in [0.1, 0.15) is 0 Å². The van der Waals surface area contributed by atoms with Crippen LogP contribution in [-0.4, -0.2) is 10.9 Å². The molecule has 3 nitrogen and oxygen atoms in total. The Hall–Kier alpha value is -2.16. The molecule has 1 aromatic carbocycles. The first-order valence-electron chi connectivity index (χ1n) is 6.56. The summed E-state index contributed by atoms with van der Waals surface area (Å²) in [6, 6.07) is 11.8. The Bertz CT molecular complexity index is 537. The number of hydrogen-bond donors (Lipinski definition) is 1. The number of benzene rings is 1. The first kappa shape index (κ1) is 13.3. The third-order valence-electron chi connectivity index (χ3n) is 3.04. The molecule has 0 atom stereocenters. The molecular formula is C16H18N2O. The van der Waals surface area contributed by atoms with Gasteiger partial charge in [-0.1, -0.05) is 31.2 Å². The summed E-state index contributed by atoms with van der Waals surface area (Å²) in [5, 5.41) is 2.97. The molecule has 0 radical (unpaired) electrons. The lowest BCUT2D eigenvalue weighted by molar-refractivity contribution is -0.116. The van der Waals surface area contributed by atoms with E-state index in [2.05, 4.69) is 17.2 Å². The van der Waals surface area contributed by atoms with Crippen molar-refractivity contribution in [3.63, 3.8) is 0 Å². The Kier molecular flexibility index (Phi) is 4.67. The van der Waals surface area contributed by atoms with Crippen molar-refractivity contribution in [3.8, 4) is 0 Å². The van der Waals surface area contributed by atoms with Crippen LogP contribution in [-0.2, 0) is 17.6 Å². The second-order valence-electron chi connectivity index (χ2n) is 4.42. The fourth-order valence-corrected chi connectivity index (χ4v) is 1.97. The Balaban J connectivity index is 1.91. The highest BCUT2D eigenvalue weighted by Crippen LogP contribution is 2.15. The average Bonchev–Trinajstić information content (AvgIpc) is 2.47. The fourth-order valence-electron chi connectivity index (χ4n) is 1.97. The number of rotatable bonds is 5. The lowest BCUT2D eigenvalue weighted by Gasteiger charge is -2.09. The normalized spacial score (nSPS) is 10.2. The minimum atomic E-state index is 0.0461. The van der Waals surface area contributed by atoms with Gasteiger partial charge in [0.25, 0.3) is 0 Å². The van der Waals surface area contributed by atoms with E-state index in [-0.39, 0.29) is 5.91 Å². The van der Waals surface area contributed by atoms with Crippen molar-refractivity contribution in [2.24, 2.45) is 0 Å². The van der Waals surface area contributed by atoms with E-state index in [1.165, 1.54) is 0 Å². The Morgan fingerprint density at radius 1 is 1.21 bits per heavy atom. The van der Waals surface area contributed by atoms with E-state index in [4.69, 9.17) is 0 Å². The number of carbonyl (C=O) groups excluding carboxylic acids is 1. The summed E-state index contributed by atoms with van der Waals surface area (Å²) in [7, 11) is 0. The smallest absolute Gasteiger partial charge is 0.224 e. The second kappa shape index (κ2) is 6.69. The average molecular weight is 254 g/mol. The quantitative estimate of drug-likeness (QED) is 0.890. The van der Waals surface area contributed by atoms with Gasteiger partial charge in [-0.25, -0.2) is 0 Å². The lowest BCUT2D eigenvalue weighted by Crippen LogP contribution is -2.13. The van der Waals surface area contributed by atoms with Crippen LogP contribution in [0.3, 0.4) is 0 Å². The zero-order valence-corrected chi connectivity index (χ0v) is 11.1. The fraction of sp³-hybridized carbons (Fsp3) is 0.250. The van der Waals surface area contributed by atoms with Crippen molar-refractivity contribution in [1.82, 2.24) is 4.98 Å². The topological polar surface area (TPSA) is 42.0 Å². The predicted molar refractivity (Wildman–Crippen MR) is 77.0 cm³/mol. The molecule has 1 heterocycles. The first-order valence-corrected chi connectivity index (χ1v) is 6.56. The van der Waals surface area contributed by atoms with Crippen LogP contribution in [0.4, 0.5) is 5.69 Å². The summed E-state index contributed by atoms with van der Waals surface area (Å²) in [5.41, 5.74) is 3.17. The minimum absolute atomic E-state index is 0.0461. The van der Waals surface area contributed by atoms with Crippen LogP contribution in [0.5, 0.6) is 0 Å². The van der Waals surface area contributed by atoms with Gasteiger partial charge in [-0.15, -0.1) is 0 Å². The molecule has 19 heavy (non-hydrogen) atoms. The van der Waals surface area contributed by atoms with Gasteiger partial charge in [-0.05, 0) is 36.1 Å². The molecule has 0 spiro atoms. The van der Waals surface area contributed by atoms with Gasteiger partial charge in [0.15, 0.2) is 0 Å². The van der Waals surface area contributed by atoms with Crippen LogP contribution < -0.4 is 5.32 Å². The van der Waals surface area contributed by atoms with Crippen molar-refractivity contribution in [3.05, 3.63) is 59.9 Å². The molecule has 98 valence electrons. The van der Waals surface area contributed by atoms with Gasteiger partial charge < -0.3 is 5.32 Å². The third-order valence-corrected chi connectivity index (χ3v) is 3.04. The molecule has 0 saturated heterocycles. The first-order chi connectivity index (χ1) is 9.29. The van der Waals surface area contributed by atoms with Gasteiger partial charge in [0.2, 0.25) is 5.91 Å². The SMILES string of the molecule is CCc1ccccc1NC(=O)CCc1cccnc1. The highest BCUT2D eigenvalue weighted by Gasteiger charge is 2.05. The zero-order valence-electron chi connectivity index (χ0n) is 11.1. The van der Waals surface area contributed by atoms with Crippen LogP contribution in [0.2, 0.25) is 0 Å². The molecule has 0 fully saturated rings. The van der Waals surface area contributed by atoms with Gasteiger partial charge in [-0.3, -0.25) is 9.78 Å². The van der Waals surface area contributed by atoms with Crippen LogP contribution in [0.1, 0.15) is 24.5 Å². The number of pyridine rings is 1. The van der Waals surface area contributed by atoms with Gasteiger partial charge in [-0.2, -0.15) is 0 Å². The number of anilines is 1. The molecule has 2 aromatic rings. The molecular weight excluding hydrogens is 236 g/mol. The summed E-state index contributed by atoms with van der Waals surface area (Å²) >= 11 is 0. The van der Waals surface area contributed by atoms with Gasteiger partial charge in [0.05, 0.1) is 0 Å². The molecule has 1 N–H and O–H groups in total. The maximum absolute atomic E-state index is 11.9. The number of carbonyl (C=O) groups is 1. The summed E-state index contributed by atoms with van der Waals surface area (Å²) in [6.45, 7) is 2.08. The van der Waals surface area contributed by atoms with E-state index in [1.54, 1.807) is 12.4 Å². The lowest BCUT2D eigenvalue weighted by atomic mass is 10.1. The molecule has 3 heteroatoms. The van der Waals surface area contributed by atoms with E-state index in [0.29, 0.717) is 12.8 Å². The van der Waals surface area contributed by atoms with Crippen LogP contribution in [0.25, 0.3) is 0 Å². The van der Waals surface area contributed by atoms with Crippen LogP contribution >= 0.6 is 0 Å². The van der Waals surface area contributed by atoms with Crippen molar-refractivity contribution >= 4 is 11.6 Å². The molecule has 0 saturated carbocycles. The predicted octanol–water partition coefficient (Wildman–Crippen LogP) is 3.22. The molecule has 0 bridgehead atoms. The summed E-state index contributed by atoms with van der Waals surface area (Å²) in [6.07, 6.45) is 5.64. The number of para-hydroxylation sites is 1. The second-order valence-corrected chi connectivity index (χ2v) is 4.42. The van der Waals surface area contributed by atoms with Gasteiger partial charge in [0, 0.05) is 24.5 Å². The van der Waals surface area contributed by atoms with E-state index >= 15 is 0 Å². The maximum atomic E-state index is 11.9. The van der Waals surface area contributed by atoms with E-state index in [9.17, 15) is 4.79 Å². The summed E-state index contributed by atoms with van der Waals surface area (Å²) in [5.74, 6) is 0.0461. The maximum Gasteiger partial charge on any atom is 0.224 e. The highest BCUT2D eigenvalue weighted by molar-refractivity contribution is 5.91. The highest BCUT2D eigenvalue weighted by atomic mass is 16.1. The number of aromatic nitrogens is 1. The standard InChI is InChI=1S/C16H18N2O/c1-2-14-7-3-4-8-15(14)18-16(19)10-9-13-6-5-11-17-12-13/h3-8,11-12H,2,9-10H2,1H3,(H,18,19). The molecule has 2 rings (SSSR count). The van der Waals surface area contributed by atoms with Crippen LogP contribution in [0.15, 0.2) is 48.8 Å². The zero-order chi connectivity index (χ0) is 13.5. The van der Waals surface area contributed by atoms with E-state index < -0.39 is 0 Å². The molecule has 0 aliphatic carbocycles. The Morgan fingerprint density at radius 3 is 2.79 bits per heavy atom. The number of aryl methyl sites for hydroxylation is 2. The van der Waals surface area contributed by atoms with Crippen molar-refractivity contribution in [2.75, 3.05) is 5.32 Å². The largest absolute Gasteiger partial charge is 0.326 e. The third kappa shape index (κ3) is 3.91. The molecule has 0 unspecified atom stereocenters. The Labute approximate surface area is 113 Å². The van der Waals surface area contributed by atoms with Crippen molar-refractivity contribution in [2.45, 2.75) is 26.2 Å². The monoisotopic (exact) mass is 254 g/mol. The number of nitrogens with one attached hydrogen (secondary N) is 1. The number of amides is 1. The minimum Gasteiger partial charge on any atom is -0.326 e.